The molecule has 0 bridgehead atoms. The summed E-state index contributed by atoms with van der Waals surface area (Å²) in [5, 5.41) is 7.94. The Labute approximate surface area is 385 Å². The van der Waals surface area contributed by atoms with Gasteiger partial charge in [0.2, 0.25) is 5.95 Å². The van der Waals surface area contributed by atoms with Crippen LogP contribution in [-0.2, 0) is 0 Å². The summed E-state index contributed by atoms with van der Waals surface area (Å²) in [6, 6.07) is 27.9. The van der Waals surface area contributed by atoms with Crippen LogP contribution in [0.4, 0.5) is 40.6 Å². The summed E-state index contributed by atoms with van der Waals surface area (Å²) in [5.74, 6) is 2.82. The molecule has 334 valence electrons. The fourth-order valence-corrected chi connectivity index (χ4v) is 8.56. The van der Waals surface area contributed by atoms with Crippen LogP contribution in [-0.4, -0.2) is 39.0 Å². The SMILES string of the molecule is [C-]#[N+]c1c(N)nc(C)nc1N[C@H](c1nc2cccc(C)c2c(=O)n1-c1ccccc1)C1CC1.[C-]#[N+]c1c(N)nc(N)nc1N[C@H](c1nc2cccc(C)c2c(=O)n1-c1ccccc1C)C1CC1. The monoisotopic (exact) mass is 889 g/mol. The van der Waals surface area contributed by atoms with E-state index in [0.717, 1.165) is 53.7 Å². The second-order valence-corrected chi connectivity index (χ2v) is 16.9. The third kappa shape index (κ3) is 8.42. The van der Waals surface area contributed by atoms with Gasteiger partial charge in [0.25, 0.3) is 22.5 Å². The number of benzene rings is 4. The lowest BCUT2D eigenvalue weighted by atomic mass is 10.1. The highest BCUT2D eigenvalue weighted by molar-refractivity contribution is 5.83. The normalized spacial score (nSPS) is 14.1. The molecule has 0 radical (unpaired) electrons. The van der Waals surface area contributed by atoms with Gasteiger partial charge in [0.15, 0.2) is 0 Å². The van der Waals surface area contributed by atoms with Crippen molar-refractivity contribution in [2.24, 2.45) is 11.8 Å². The van der Waals surface area contributed by atoms with Gasteiger partial charge >= 0.3 is 0 Å². The van der Waals surface area contributed by atoms with Crippen molar-refractivity contribution in [1.82, 2.24) is 39.0 Å². The van der Waals surface area contributed by atoms with Gasteiger partial charge in [-0.3, -0.25) is 18.7 Å². The molecule has 2 fully saturated rings. The largest absolute Gasteiger partial charge is 0.392 e. The van der Waals surface area contributed by atoms with Crippen LogP contribution in [0.2, 0.25) is 0 Å². The van der Waals surface area contributed by atoms with Crippen molar-refractivity contribution in [3.8, 4) is 11.4 Å². The summed E-state index contributed by atoms with van der Waals surface area (Å²) in [4.78, 5) is 61.5. The maximum Gasteiger partial charge on any atom is 0.268 e. The zero-order valence-corrected chi connectivity index (χ0v) is 37.3. The lowest BCUT2D eigenvalue weighted by Crippen LogP contribution is -2.30. The second kappa shape index (κ2) is 17.7. The average molecular weight is 890 g/mol. The smallest absolute Gasteiger partial charge is 0.268 e. The Morgan fingerprint density at radius 1 is 0.567 bits per heavy atom. The maximum atomic E-state index is 13.9. The molecule has 2 aliphatic rings. The molecule has 2 atom stereocenters. The molecule has 4 heterocycles. The van der Waals surface area contributed by atoms with Crippen molar-refractivity contribution >= 4 is 62.4 Å². The Balaban J connectivity index is 0.000000168. The second-order valence-electron chi connectivity index (χ2n) is 16.9. The topological polar surface area (TPSA) is 232 Å². The molecule has 2 saturated carbocycles. The molecule has 10 rings (SSSR count). The van der Waals surface area contributed by atoms with Crippen molar-refractivity contribution in [3.05, 3.63) is 169 Å². The standard InChI is InChI=1S/C25H24N8O.C25H23N7O/c1-13-7-4-5-10-17(13)33-23(29-16-9-6-8-14(2)18(16)24(33)34)19(15-11-12-15)30-22-20(28-3)21(26)31-25(27)32-22;1-14-8-7-11-18-19(14)25(33)32(17-9-5-4-6-10-17)24(30-18)20(16-12-13-16)31-23-21(27-3)22(26)28-15(2)29-23/h4-10,15,19H,11-12H2,1-2H3,(H5,26,27,30,31,32);4-11,16,20H,12-13H2,1-2H3,(H3,26,28,29,31)/t19-;20-/m00/s1. The Kier molecular flexibility index (Phi) is 11.5. The van der Waals surface area contributed by atoms with Crippen molar-refractivity contribution in [1.29, 1.82) is 0 Å². The van der Waals surface area contributed by atoms with E-state index in [1.807, 2.05) is 112 Å². The molecule has 4 aromatic carbocycles. The molecule has 17 nitrogen and oxygen atoms in total. The van der Waals surface area contributed by atoms with E-state index in [1.54, 1.807) is 16.1 Å². The number of nitrogens with one attached hydrogen (secondary N) is 2. The number of aromatic nitrogens is 8. The molecule has 17 heteroatoms. The lowest BCUT2D eigenvalue weighted by Gasteiger charge is -2.24. The summed E-state index contributed by atoms with van der Waals surface area (Å²) < 4.78 is 3.37. The molecule has 0 saturated heterocycles. The highest BCUT2D eigenvalue weighted by Crippen LogP contribution is 2.46. The summed E-state index contributed by atoms with van der Waals surface area (Å²) in [6.07, 6.45) is 3.88. The first-order valence-electron chi connectivity index (χ1n) is 21.9. The zero-order chi connectivity index (χ0) is 47.1. The van der Waals surface area contributed by atoms with Crippen LogP contribution in [0.15, 0.2) is 101 Å². The molecule has 67 heavy (non-hydrogen) atoms. The van der Waals surface area contributed by atoms with E-state index in [-0.39, 0.29) is 69.8 Å². The quantitative estimate of drug-likeness (QED) is 0.0811. The highest BCUT2D eigenvalue weighted by Gasteiger charge is 2.38. The number of nitrogens with zero attached hydrogens (tertiary/aromatic N) is 10. The molecule has 2 aliphatic carbocycles. The molecule has 0 aliphatic heterocycles. The third-order valence-corrected chi connectivity index (χ3v) is 12.1. The first kappa shape index (κ1) is 43.5. The van der Waals surface area contributed by atoms with E-state index >= 15 is 0 Å². The van der Waals surface area contributed by atoms with E-state index in [2.05, 4.69) is 40.3 Å². The number of rotatable bonds is 10. The molecule has 0 amide bonds. The predicted octanol–water partition coefficient (Wildman–Crippen LogP) is 8.56. The summed E-state index contributed by atoms with van der Waals surface area (Å²) in [7, 11) is 0. The minimum Gasteiger partial charge on any atom is -0.392 e. The molecule has 0 unspecified atom stereocenters. The third-order valence-electron chi connectivity index (χ3n) is 12.1. The van der Waals surface area contributed by atoms with Crippen LogP contribution in [0.1, 0.15) is 71.9 Å². The fourth-order valence-electron chi connectivity index (χ4n) is 8.56. The van der Waals surface area contributed by atoms with Gasteiger partial charge in [-0.2, -0.15) is 0 Å². The van der Waals surface area contributed by atoms with Gasteiger partial charge in [0.05, 0.1) is 58.4 Å². The number of hydrogen-bond donors (Lipinski definition) is 5. The van der Waals surface area contributed by atoms with Gasteiger partial charge in [0, 0.05) is 0 Å². The molecule has 8 N–H and O–H groups in total. The first-order chi connectivity index (χ1) is 32.4. The van der Waals surface area contributed by atoms with E-state index in [0.29, 0.717) is 45.1 Å². The number of aryl methyl sites for hydroxylation is 4. The van der Waals surface area contributed by atoms with Crippen LogP contribution in [0.25, 0.3) is 42.9 Å². The van der Waals surface area contributed by atoms with Gasteiger partial charge < -0.3 is 27.8 Å². The summed E-state index contributed by atoms with van der Waals surface area (Å²) >= 11 is 0. The highest BCUT2D eigenvalue weighted by atomic mass is 16.1. The van der Waals surface area contributed by atoms with Crippen LogP contribution in [0.5, 0.6) is 0 Å². The van der Waals surface area contributed by atoms with Gasteiger partial charge in [0.1, 0.15) is 40.7 Å². The number of anilines is 5. The van der Waals surface area contributed by atoms with E-state index in [4.69, 9.17) is 40.3 Å². The number of para-hydroxylation sites is 2. The van der Waals surface area contributed by atoms with Gasteiger partial charge in [-0.05, 0) is 112 Å². The number of hydrogen-bond acceptors (Lipinski definition) is 13. The Morgan fingerprint density at radius 2 is 1.04 bits per heavy atom. The summed E-state index contributed by atoms with van der Waals surface area (Å²) in [5.41, 5.74) is 23.3. The first-order valence-corrected chi connectivity index (χ1v) is 21.9. The Hall–Kier alpha value is -8.70. The maximum absolute atomic E-state index is 13.9. The average Bonchev–Trinajstić information content (AvgIpc) is 4.24. The number of nitrogen functional groups attached to an aromatic ring is 3. The molecule has 4 aromatic heterocycles. The minimum atomic E-state index is -0.383. The number of nitrogens with two attached hydrogens (primary N) is 3. The van der Waals surface area contributed by atoms with E-state index < -0.39 is 0 Å². The Morgan fingerprint density at radius 3 is 1.58 bits per heavy atom. The Bertz CT molecular complexity index is 3460. The fraction of sp³-hybridized carbons (Fsp3) is 0.240. The van der Waals surface area contributed by atoms with E-state index in [1.165, 1.54) is 0 Å². The zero-order valence-electron chi connectivity index (χ0n) is 37.3. The van der Waals surface area contributed by atoms with Gasteiger partial charge in [-0.1, -0.05) is 60.7 Å². The predicted molar refractivity (Wildman–Crippen MR) is 262 cm³/mol. The van der Waals surface area contributed by atoms with Crippen molar-refractivity contribution < 1.29 is 0 Å². The number of fused-ring (bicyclic) bond motifs is 2. The van der Waals surface area contributed by atoms with Crippen LogP contribution < -0.4 is 39.0 Å². The van der Waals surface area contributed by atoms with Crippen molar-refractivity contribution in [2.45, 2.75) is 65.5 Å². The van der Waals surface area contributed by atoms with Gasteiger partial charge in [-0.25, -0.2) is 39.6 Å². The molecule has 0 spiro atoms. The van der Waals surface area contributed by atoms with Crippen LogP contribution in [0.3, 0.4) is 0 Å². The van der Waals surface area contributed by atoms with Crippen LogP contribution in [0, 0.1) is 52.7 Å². The molecular formula is C50H47N15O2. The minimum absolute atomic E-state index is 0.0120. The van der Waals surface area contributed by atoms with Crippen molar-refractivity contribution in [2.75, 3.05) is 27.8 Å². The van der Waals surface area contributed by atoms with Crippen LogP contribution >= 0.6 is 0 Å². The van der Waals surface area contributed by atoms with Crippen molar-refractivity contribution in [3.63, 3.8) is 0 Å². The molecular weight excluding hydrogens is 843 g/mol. The van der Waals surface area contributed by atoms with Gasteiger partial charge in [-0.15, -0.1) is 0 Å². The lowest BCUT2D eigenvalue weighted by molar-refractivity contribution is 0.609. The van der Waals surface area contributed by atoms with E-state index in [9.17, 15) is 9.59 Å². The summed E-state index contributed by atoms with van der Waals surface area (Å²) in [6.45, 7) is 22.7. The molecule has 8 aromatic rings.